The molecule has 0 spiro atoms. The van der Waals surface area contributed by atoms with Gasteiger partial charge in [-0.1, -0.05) is 6.92 Å². The van der Waals surface area contributed by atoms with Gasteiger partial charge in [0, 0.05) is 18.2 Å². The molecule has 1 saturated heterocycles. The largest absolute Gasteiger partial charge is 0.350 e. The molecule has 0 saturated carbocycles. The summed E-state index contributed by atoms with van der Waals surface area (Å²) in [5.74, 6) is -0.860. The molecule has 1 aliphatic rings. The van der Waals surface area contributed by atoms with Crippen molar-refractivity contribution < 1.29 is 9.18 Å². The molecule has 4 nitrogen and oxygen atoms in total. The van der Waals surface area contributed by atoms with Crippen molar-refractivity contribution in [3.05, 3.63) is 35.1 Å². The fourth-order valence-corrected chi connectivity index (χ4v) is 2.61. The summed E-state index contributed by atoms with van der Waals surface area (Å²) in [6.07, 6.45) is 2.24. The summed E-state index contributed by atoms with van der Waals surface area (Å²) >= 11 is 0. The third-order valence-corrected chi connectivity index (χ3v) is 3.75. The van der Waals surface area contributed by atoms with Crippen LogP contribution in [0.5, 0.6) is 0 Å². The Morgan fingerprint density at radius 3 is 3.00 bits per heavy atom. The van der Waals surface area contributed by atoms with Crippen LogP contribution in [-0.2, 0) is 0 Å². The number of benzene rings is 1. The summed E-state index contributed by atoms with van der Waals surface area (Å²) in [5, 5.41) is 11.6. The van der Waals surface area contributed by atoms with Crippen LogP contribution in [0.2, 0.25) is 0 Å². The van der Waals surface area contributed by atoms with Gasteiger partial charge in [-0.25, -0.2) is 4.39 Å². The molecule has 1 N–H and O–H groups in total. The highest BCUT2D eigenvalue weighted by Gasteiger charge is 2.23. The van der Waals surface area contributed by atoms with Crippen molar-refractivity contribution >= 4 is 18.3 Å². The van der Waals surface area contributed by atoms with E-state index in [9.17, 15) is 9.18 Å². The molecule has 6 heteroatoms. The zero-order valence-corrected chi connectivity index (χ0v) is 12.8. The summed E-state index contributed by atoms with van der Waals surface area (Å²) in [6.45, 7) is 4.76. The molecule has 1 aromatic rings. The number of nitriles is 1. The fraction of sp³-hybridized carbons (Fsp3) is 0.467. The Balaban J connectivity index is 0.00000220. The van der Waals surface area contributed by atoms with Crippen molar-refractivity contribution in [1.29, 1.82) is 5.26 Å². The van der Waals surface area contributed by atoms with E-state index in [1.54, 1.807) is 6.07 Å². The minimum absolute atomic E-state index is 0. The van der Waals surface area contributed by atoms with Crippen LogP contribution in [0.4, 0.5) is 4.39 Å². The van der Waals surface area contributed by atoms with Crippen LogP contribution in [0.15, 0.2) is 18.2 Å². The van der Waals surface area contributed by atoms with Gasteiger partial charge in [0.25, 0.3) is 5.91 Å². The molecular weight excluding hydrogens is 293 g/mol. The number of likely N-dealkylation sites (tertiary alicyclic amines) is 1. The SMILES string of the molecule is CCN1CCCC1CNC(=O)c1ccc(F)c(C#N)c1.Cl. The molecule has 0 aliphatic carbocycles. The first-order chi connectivity index (χ1) is 9.65. The van der Waals surface area contributed by atoms with Gasteiger partial charge in [-0.05, 0) is 44.1 Å². The minimum atomic E-state index is -0.600. The Morgan fingerprint density at radius 1 is 1.57 bits per heavy atom. The highest BCUT2D eigenvalue weighted by molar-refractivity contribution is 5.94. The predicted octanol–water partition coefficient (Wildman–Crippen LogP) is 2.33. The van der Waals surface area contributed by atoms with E-state index in [0.29, 0.717) is 18.2 Å². The van der Waals surface area contributed by atoms with Crippen molar-refractivity contribution in [3.8, 4) is 6.07 Å². The Bertz CT molecular complexity index is 544. The quantitative estimate of drug-likeness (QED) is 0.928. The van der Waals surface area contributed by atoms with Gasteiger partial charge in [0.2, 0.25) is 0 Å². The van der Waals surface area contributed by atoms with Crippen LogP contribution >= 0.6 is 12.4 Å². The van der Waals surface area contributed by atoms with Gasteiger partial charge in [-0.2, -0.15) is 5.26 Å². The minimum Gasteiger partial charge on any atom is -0.350 e. The molecule has 1 aromatic carbocycles. The summed E-state index contributed by atoms with van der Waals surface area (Å²) in [5.41, 5.74) is 0.220. The second kappa shape index (κ2) is 7.96. The van der Waals surface area contributed by atoms with Gasteiger partial charge in [0.05, 0.1) is 5.56 Å². The van der Waals surface area contributed by atoms with Crippen molar-refractivity contribution in [2.24, 2.45) is 0 Å². The van der Waals surface area contributed by atoms with E-state index >= 15 is 0 Å². The van der Waals surface area contributed by atoms with Gasteiger partial charge >= 0.3 is 0 Å². The van der Waals surface area contributed by atoms with E-state index in [0.717, 1.165) is 32.0 Å². The second-order valence-electron chi connectivity index (χ2n) is 4.94. The number of carbonyl (C=O) groups is 1. The van der Waals surface area contributed by atoms with Crippen LogP contribution in [0.25, 0.3) is 0 Å². The molecule has 1 heterocycles. The van der Waals surface area contributed by atoms with Gasteiger partial charge in [-0.15, -0.1) is 12.4 Å². The lowest BCUT2D eigenvalue weighted by Crippen LogP contribution is -2.40. The normalized spacial score (nSPS) is 17.9. The molecule has 1 unspecified atom stereocenters. The standard InChI is InChI=1S/C15H18FN3O.ClH/c1-2-19-7-3-4-13(19)10-18-15(20)11-5-6-14(16)12(8-11)9-17;/h5-6,8,13H,2-4,7,10H2,1H3,(H,18,20);1H. The van der Waals surface area contributed by atoms with Crippen LogP contribution in [0.1, 0.15) is 35.7 Å². The maximum Gasteiger partial charge on any atom is 0.251 e. The number of likely N-dealkylation sites (N-methyl/N-ethyl adjacent to an activating group) is 1. The highest BCUT2D eigenvalue weighted by atomic mass is 35.5. The number of amides is 1. The van der Waals surface area contributed by atoms with Gasteiger partial charge in [0.15, 0.2) is 0 Å². The molecule has 0 radical (unpaired) electrons. The first-order valence-corrected chi connectivity index (χ1v) is 6.87. The average Bonchev–Trinajstić information content (AvgIpc) is 2.92. The molecule has 114 valence electrons. The lowest BCUT2D eigenvalue weighted by molar-refractivity contribution is 0.0941. The highest BCUT2D eigenvalue weighted by Crippen LogP contribution is 2.16. The van der Waals surface area contributed by atoms with Crippen molar-refractivity contribution in [2.75, 3.05) is 19.6 Å². The van der Waals surface area contributed by atoms with E-state index < -0.39 is 5.82 Å². The Labute approximate surface area is 130 Å². The predicted molar refractivity (Wildman–Crippen MR) is 81.0 cm³/mol. The molecule has 1 atom stereocenters. The third-order valence-electron chi connectivity index (χ3n) is 3.75. The monoisotopic (exact) mass is 311 g/mol. The number of nitrogens with zero attached hydrogens (tertiary/aromatic N) is 2. The van der Waals surface area contributed by atoms with E-state index in [1.165, 1.54) is 12.1 Å². The Kier molecular flexibility index (Phi) is 6.60. The number of hydrogen-bond acceptors (Lipinski definition) is 3. The van der Waals surface area contributed by atoms with Gasteiger partial charge in [-0.3, -0.25) is 9.69 Å². The molecule has 21 heavy (non-hydrogen) atoms. The van der Waals surface area contributed by atoms with Gasteiger partial charge in [0.1, 0.15) is 11.9 Å². The summed E-state index contributed by atoms with van der Waals surface area (Å²) in [4.78, 5) is 14.4. The van der Waals surface area contributed by atoms with Crippen LogP contribution in [-0.4, -0.2) is 36.5 Å². The molecule has 1 fully saturated rings. The lowest BCUT2D eigenvalue weighted by atomic mass is 10.1. The molecule has 1 amide bonds. The summed E-state index contributed by atoms with van der Waals surface area (Å²) < 4.78 is 13.2. The molecule has 0 aromatic heterocycles. The average molecular weight is 312 g/mol. The maximum absolute atomic E-state index is 13.2. The number of nitrogens with one attached hydrogen (secondary N) is 1. The molecule has 1 aliphatic heterocycles. The zero-order chi connectivity index (χ0) is 14.5. The van der Waals surface area contributed by atoms with Gasteiger partial charge < -0.3 is 5.32 Å². The Hall–Kier alpha value is -1.64. The first kappa shape index (κ1) is 17.4. The van der Waals surface area contributed by atoms with E-state index in [2.05, 4.69) is 17.1 Å². The number of carbonyl (C=O) groups excluding carboxylic acids is 1. The van der Waals surface area contributed by atoms with Crippen LogP contribution in [0.3, 0.4) is 0 Å². The van der Waals surface area contributed by atoms with Crippen LogP contribution in [0, 0.1) is 17.1 Å². The third kappa shape index (κ3) is 4.16. The lowest BCUT2D eigenvalue weighted by Gasteiger charge is -2.22. The number of hydrogen-bond donors (Lipinski definition) is 1. The number of rotatable bonds is 4. The molecule has 0 bridgehead atoms. The maximum atomic E-state index is 13.2. The Morgan fingerprint density at radius 2 is 2.33 bits per heavy atom. The smallest absolute Gasteiger partial charge is 0.251 e. The van der Waals surface area contributed by atoms with Crippen LogP contribution < -0.4 is 5.32 Å². The summed E-state index contributed by atoms with van der Waals surface area (Å²) in [6, 6.07) is 5.96. The second-order valence-corrected chi connectivity index (χ2v) is 4.94. The first-order valence-electron chi connectivity index (χ1n) is 6.87. The van der Waals surface area contributed by atoms with Crippen molar-refractivity contribution in [2.45, 2.75) is 25.8 Å². The van der Waals surface area contributed by atoms with E-state index in [1.807, 2.05) is 0 Å². The van der Waals surface area contributed by atoms with Crippen molar-refractivity contribution in [1.82, 2.24) is 10.2 Å². The zero-order valence-electron chi connectivity index (χ0n) is 11.9. The van der Waals surface area contributed by atoms with Crippen molar-refractivity contribution in [3.63, 3.8) is 0 Å². The topological polar surface area (TPSA) is 56.1 Å². The van der Waals surface area contributed by atoms with E-state index in [-0.39, 0.29) is 23.9 Å². The van der Waals surface area contributed by atoms with E-state index in [4.69, 9.17) is 5.26 Å². The molecule has 2 rings (SSSR count). The summed E-state index contributed by atoms with van der Waals surface area (Å²) in [7, 11) is 0. The fourth-order valence-electron chi connectivity index (χ4n) is 2.61. The number of halogens is 2. The molecular formula is C15H19ClFN3O.